The molecule has 1 aromatic heterocycles. The lowest BCUT2D eigenvalue weighted by Gasteiger charge is -2.33. The Morgan fingerprint density at radius 2 is 2.29 bits per heavy atom. The van der Waals surface area contributed by atoms with Crippen LogP contribution in [0.5, 0.6) is 0 Å². The van der Waals surface area contributed by atoms with Gasteiger partial charge in [-0.2, -0.15) is 5.10 Å². The van der Waals surface area contributed by atoms with E-state index >= 15 is 0 Å². The summed E-state index contributed by atoms with van der Waals surface area (Å²) in [5.74, 6) is -0.0471. The van der Waals surface area contributed by atoms with Crippen LogP contribution in [0.15, 0.2) is 30.5 Å². The monoisotopic (exact) mass is 348 g/mol. The van der Waals surface area contributed by atoms with Gasteiger partial charge >= 0.3 is 0 Å². The average Bonchev–Trinajstić information content (AvgIpc) is 3.09. The number of hydrogen-bond donors (Lipinski definition) is 3. The Hall–Kier alpha value is -1.89. The summed E-state index contributed by atoms with van der Waals surface area (Å²) in [6.45, 7) is 2.00. The van der Waals surface area contributed by atoms with Crippen LogP contribution < -0.4 is 5.32 Å². The Balaban J connectivity index is 1.79. The normalized spacial score (nSPS) is 17.9. The number of nitrogens with zero attached hydrogens (tertiary/aromatic N) is 2. The van der Waals surface area contributed by atoms with Crippen molar-refractivity contribution in [2.24, 2.45) is 0 Å². The Morgan fingerprint density at radius 1 is 1.46 bits per heavy atom. The fraction of sp³-hybridized carbons (Fsp3) is 0.412. The first-order valence-electron chi connectivity index (χ1n) is 8.12. The standard InChI is InChI=1S/C17H21ClN4O2/c18-15-6-2-1-5-13(15)16-14(10-20-21-16)17(24)22-8-3-4-12(11-22)19-7-9-23/h1-2,5-6,10,12,19,23H,3-4,7-9,11H2,(H,20,21). The maximum atomic E-state index is 12.9. The van der Waals surface area contributed by atoms with Crippen molar-refractivity contribution >= 4 is 17.5 Å². The number of hydrogen-bond acceptors (Lipinski definition) is 4. The van der Waals surface area contributed by atoms with E-state index in [0.717, 1.165) is 24.9 Å². The molecule has 0 aliphatic carbocycles. The average molecular weight is 349 g/mol. The van der Waals surface area contributed by atoms with Crippen LogP contribution in [0.2, 0.25) is 5.02 Å². The molecular weight excluding hydrogens is 328 g/mol. The number of aromatic nitrogens is 2. The maximum absolute atomic E-state index is 12.9. The minimum absolute atomic E-state index is 0.0471. The summed E-state index contributed by atoms with van der Waals surface area (Å²) in [6.07, 6.45) is 3.51. The van der Waals surface area contributed by atoms with E-state index in [1.807, 2.05) is 23.1 Å². The number of nitrogens with one attached hydrogen (secondary N) is 2. The Morgan fingerprint density at radius 3 is 3.08 bits per heavy atom. The second kappa shape index (κ2) is 7.79. The van der Waals surface area contributed by atoms with Crippen molar-refractivity contribution < 1.29 is 9.90 Å². The largest absolute Gasteiger partial charge is 0.395 e. The number of piperidine rings is 1. The fourth-order valence-corrected chi connectivity index (χ4v) is 3.32. The number of aromatic amines is 1. The third-order valence-corrected chi connectivity index (χ3v) is 4.60. The van der Waals surface area contributed by atoms with Gasteiger partial charge in [0.05, 0.1) is 24.1 Å². The van der Waals surface area contributed by atoms with Gasteiger partial charge in [0.25, 0.3) is 5.91 Å². The van der Waals surface area contributed by atoms with Gasteiger partial charge in [-0.3, -0.25) is 9.89 Å². The first-order chi connectivity index (χ1) is 11.7. The summed E-state index contributed by atoms with van der Waals surface area (Å²) in [5.41, 5.74) is 1.95. The summed E-state index contributed by atoms with van der Waals surface area (Å²) in [7, 11) is 0. The number of likely N-dealkylation sites (tertiary alicyclic amines) is 1. The van der Waals surface area contributed by atoms with E-state index < -0.39 is 0 Å². The summed E-state index contributed by atoms with van der Waals surface area (Å²) in [4.78, 5) is 14.8. The van der Waals surface area contributed by atoms with Crippen LogP contribution in [-0.4, -0.2) is 58.4 Å². The van der Waals surface area contributed by atoms with Crippen LogP contribution in [0.3, 0.4) is 0 Å². The van der Waals surface area contributed by atoms with Crippen molar-refractivity contribution in [1.29, 1.82) is 0 Å². The molecule has 1 fully saturated rings. The molecule has 2 aromatic rings. The molecule has 24 heavy (non-hydrogen) atoms. The number of aliphatic hydroxyl groups excluding tert-OH is 1. The van der Waals surface area contributed by atoms with Gasteiger partial charge < -0.3 is 15.3 Å². The summed E-state index contributed by atoms with van der Waals surface area (Å²) in [6, 6.07) is 7.61. The van der Waals surface area contributed by atoms with Crippen LogP contribution in [-0.2, 0) is 0 Å². The number of rotatable bonds is 5. The molecule has 0 saturated carbocycles. The van der Waals surface area contributed by atoms with Crippen molar-refractivity contribution in [2.45, 2.75) is 18.9 Å². The molecule has 3 rings (SSSR count). The fourth-order valence-electron chi connectivity index (χ4n) is 3.08. The molecular formula is C17H21ClN4O2. The molecule has 1 saturated heterocycles. The van der Waals surface area contributed by atoms with Gasteiger partial charge in [-0.25, -0.2) is 0 Å². The predicted octanol–water partition coefficient (Wildman–Crippen LogP) is 1.92. The lowest BCUT2D eigenvalue weighted by Crippen LogP contribution is -2.48. The third kappa shape index (κ3) is 3.61. The molecule has 0 spiro atoms. The van der Waals surface area contributed by atoms with Gasteiger partial charge in [-0.15, -0.1) is 0 Å². The highest BCUT2D eigenvalue weighted by molar-refractivity contribution is 6.33. The van der Waals surface area contributed by atoms with Crippen LogP contribution in [0.1, 0.15) is 23.2 Å². The van der Waals surface area contributed by atoms with Crippen LogP contribution >= 0.6 is 11.6 Å². The molecule has 1 aromatic carbocycles. The number of carbonyl (C=O) groups is 1. The summed E-state index contributed by atoms with van der Waals surface area (Å²) >= 11 is 6.25. The van der Waals surface area contributed by atoms with Gasteiger partial charge in [0.1, 0.15) is 0 Å². The second-order valence-corrected chi connectivity index (χ2v) is 6.31. The first kappa shape index (κ1) is 17.0. The zero-order chi connectivity index (χ0) is 16.9. The van der Waals surface area contributed by atoms with E-state index in [1.165, 1.54) is 0 Å². The lowest BCUT2D eigenvalue weighted by molar-refractivity contribution is 0.0694. The summed E-state index contributed by atoms with van der Waals surface area (Å²) < 4.78 is 0. The number of carbonyl (C=O) groups excluding carboxylic acids is 1. The molecule has 1 aliphatic heterocycles. The number of aliphatic hydroxyl groups is 1. The van der Waals surface area contributed by atoms with Gasteiger partial charge in [0.15, 0.2) is 0 Å². The predicted molar refractivity (Wildman–Crippen MR) is 93.0 cm³/mol. The van der Waals surface area contributed by atoms with E-state index in [4.69, 9.17) is 16.7 Å². The summed E-state index contributed by atoms with van der Waals surface area (Å²) in [5, 5.41) is 19.7. The van der Waals surface area contributed by atoms with E-state index in [0.29, 0.717) is 29.4 Å². The Bertz CT molecular complexity index is 703. The van der Waals surface area contributed by atoms with Crippen molar-refractivity contribution in [2.75, 3.05) is 26.2 Å². The van der Waals surface area contributed by atoms with Crippen LogP contribution in [0, 0.1) is 0 Å². The minimum atomic E-state index is -0.0471. The molecule has 1 aliphatic rings. The first-order valence-corrected chi connectivity index (χ1v) is 8.50. The van der Waals surface area contributed by atoms with Crippen LogP contribution in [0.4, 0.5) is 0 Å². The topological polar surface area (TPSA) is 81.2 Å². The SMILES string of the molecule is O=C(c1cn[nH]c1-c1ccccc1Cl)N1CCCC(NCCO)C1. The van der Waals surface area contributed by atoms with Crippen molar-refractivity contribution in [3.63, 3.8) is 0 Å². The van der Waals surface area contributed by atoms with Crippen LogP contribution in [0.25, 0.3) is 11.3 Å². The number of H-pyrrole nitrogens is 1. The van der Waals surface area contributed by atoms with E-state index in [2.05, 4.69) is 15.5 Å². The second-order valence-electron chi connectivity index (χ2n) is 5.91. The van der Waals surface area contributed by atoms with Crippen molar-refractivity contribution in [1.82, 2.24) is 20.4 Å². The number of benzene rings is 1. The molecule has 128 valence electrons. The molecule has 6 nitrogen and oxygen atoms in total. The highest BCUT2D eigenvalue weighted by atomic mass is 35.5. The number of amides is 1. The molecule has 1 amide bonds. The Labute approximate surface area is 145 Å². The molecule has 7 heteroatoms. The lowest BCUT2D eigenvalue weighted by atomic mass is 10.0. The number of halogens is 1. The third-order valence-electron chi connectivity index (χ3n) is 4.27. The quantitative estimate of drug-likeness (QED) is 0.771. The highest BCUT2D eigenvalue weighted by Gasteiger charge is 2.27. The molecule has 2 heterocycles. The van der Waals surface area contributed by atoms with Crippen molar-refractivity contribution in [3.8, 4) is 11.3 Å². The van der Waals surface area contributed by atoms with E-state index in [9.17, 15) is 4.79 Å². The smallest absolute Gasteiger partial charge is 0.257 e. The van der Waals surface area contributed by atoms with Crippen molar-refractivity contribution in [3.05, 3.63) is 41.0 Å². The molecule has 3 N–H and O–H groups in total. The van der Waals surface area contributed by atoms with Gasteiger partial charge in [0, 0.05) is 36.3 Å². The minimum Gasteiger partial charge on any atom is -0.395 e. The molecule has 0 radical (unpaired) electrons. The van der Waals surface area contributed by atoms with E-state index in [1.54, 1.807) is 12.3 Å². The van der Waals surface area contributed by atoms with Gasteiger partial charge in [-0.05, 0) is 18.9 Å². The molecule has 0 bridgehead atoms. The zero-order valence-corrected chi connectivity index (χ0v) is 14.1. The zero-order valence-electron chi connectivity index (χ0n) is 13.3. The molecule has 1 unspecified atom stereocenters. The highest BCUT2D eigenvalue weighted by Crippen LogP contribution is 2.29. The van der Waals surface area contributed by atoms with E-state index in [-0.39, 0.29) is 18.6 Å². The Kier molecular flexibility index (Phi) is 5.50. The van der Waals surface area contributed by atoms with Gasteiger partial charge in [0.2, 0.25) is 0 Å². The molecule has 1 atom stereocenters. The maximum Gasteiger partial charge on any atom is 0.257 e. The van der Waals surface area contributed by atoms with Gasteiger partial charge in [-0.1, -0.05) is 29.8 Å².